The lowest BCUT2D eigenvalue weighted by Gasteiger charge is -2.19. The number of carbonyl (C=O) groups excluding carboxylic acids is 1. The molecule has 21 heavy (non-hydrogen) atoms. The van der Waals surface area contributed by atoms with Gasteiger partial charge in [0.15, 0.2) is 11.0 Å². The van der Waals surface area contributed by atoms with E-state index in [1.807, 2.05) is 20.8 Å². The first-order valence-electron chi connectivity index (χ1n) is 6.28. The maximum Gasteiger partial charge on any atom is 0.328 e. The molecule has 0 spiro atoms. The summed E-state index contributed by atoms with van der Waals surface area (Å²) < 4.78 is 6.70. The van der Waals surface area contributed by atoms with Gasteiger partial charge in [-0.25, -0.2) is 0 Å². The van der Waals surface area contributed by atoms with Crippen molar-refractivity contribution in [3.8, 4) is 11.1 Å². The third-order valence-corrected chi connectivity index (χ3v) is 2.63. The predicted molar refractivity (Wildman–Crippen MR) is 78.5 cm³/mol. The fourth-order valence-corrected chi connectivity index (χ4v) is 1.85. The summed E-state index contributed by atoms with van der Waals surface area (Å²) >= 11 is 5.80. The van der Waals surface area contributed by atoms with Gasteiger partial charge in [0.2, 0.25) is 0 Å². The van der Waals surface area contributed by atoms with E-state index in [0.29, 0.717) is 11.1 Å². The van der Waals surface area contributed by atoms with E-state index in [1.165, 1.54) is 4.68 Å². The molecule has 2 rings (SSSR count). The monoisotopic (exact) mass is 309 g/mol. The van der Waals surface area contributed by atoms with Crippen molar-refractivity contribution in [2.24, 2.45) is 0 Å². The number of nitrogen functional groups attached to an aromatic ring is 1. The minimum atomic E-state index is -0.528. The highest BCUT2D eigenvalue weighted by Crippen LogP contribution is 2.25. The summed E-state index contributed by atoms with van der Waals surface area (Å²) in [6.07, 6.45) is 3.25. The van der Waals surface area contributed by atoms with Gasteiger partial charge in [0, 0.05) is 17.3 Å². The molecule has 0 aromatic carbocycles. The van der Waals surface area contributed by atoms with Crippen molar-refractivity contribution in [1.82, 2.24) is 20.0 Å². The van der Waals surface area contributed by atoms with E-state index < -0.39 is 5.60 Å². The molecule has 0 fully saturated rings. The Morgan fingerprint density at radius 3 is 2.81 bits per heavy atom. The SMILES string of the molecule is CC(C)(C)OC(=O)Cn1cc(-c2cc(Cl)nnc2N)cn1. The summed E-state index contributed by atoms with van der Waals surface area (Å²) in [5.41, 5.74) is 6.54. The smallest absolute Gasteiger partial charge is 0.328 e. The van der Waals surface area contributed by atoms with E-state index in [1.54, 1.807) is 18.5 Å². The molecular formula is C13H16ClN5O2. The molecule has 0 atom stereocenters. The summed E-state index contributed by atoms with van der Waals surface area (Å²) in [5.74, 6) is -0.118. The van der Waals surface area contributed by atoms with E-state index in [9.17, 15) is 4.79 Å². The average molecular weight is 310 g/mol. The average Bonchev–Trinajstić information content (AvgIpc) is 2.78. The van der Waals surface area contributed by atoms with Crippen molar-refractivity contribution in [3.05, 3.63) is 23.6 Å². The molecule has 2 aromatic heterocycles. The van der Waals surface area contributed by atoms with Crippen molar-refractivity contribution in [2.75, 3.05) is 5.73 Å². The van der Waals surface area contributed by atoms with E-state index in [2.05, 4.69) is 15.3 Å². The fourth-order valence-electron chi connectivity index (χ4n) is 1.70. The molecule has 0 unspecified atom stereocenters. The number of aromatic nitrogens is 4. The van der Waals surface area contributed by atoms with E-state index in [4.69, 9.17) is 22.1 Å². The van der Waals surface area contributed by atoms with Crippen LogP contribution in [0.3, 0.4) is 0 Å². The van der Waals surface area contributed by atoms with Crippen LogP contribution in [0.2, 0.25) is 5.15 Å². The van der Waals surface area contributed by atoms with Gasteiger partial charge in [0.25, 0.3) is 0 Å². The van der Waals surface area contributed by atoms with Crippen molar-refractivity contribution in [3.63, 3.8) is 0 Å². The molecule has 0 saturated carbocycles. The molecule has 0 radical (unpaired) electrons. The largest absolute Gasteiger partial charge is 0.459 e. The van der Waals surface area contributed by atoms with E-state index in [0.717, 1.165) is 0 Å². The number of anilines is 1. The van der Waals surface area contributed by atoms with Crippen LogP contribution in [0.5, 0.6) is 0 Å². The van der Waals surface area contributed by atoms with Crippen LogP contribution in [0.25, 0.3) is 11.1 Å². The zero-order chi connectivity index (χ0) is 15.6. The Labute approximate surface area is 127 Å². The number of nitrogens with two attached hydrogens (primary N) is 1. The first kappa shape index (κ1) is 15.2. The van der Waals surface area contributed by atoms with Crippen LogP contribution in [0, 0.1) is 0 Å². The Morgan fingerprint density at radius 2 is 2.14 bits per heavy atom. The Balaban J connectivity index is 2.15. The molecule has 0 aliphatic heterocycles. The molecule has 0 aliphatic rings. The third-order valence-electron chi connectivity index (χ3n) is 2.45. The molecule has 8 heteroatoms. The second-order valence-electron chi connectivity index (χ2n) is 5.48. The Bertz CT molecular complexity index is 663. The Morgan fingerprint density at radius 1 is 1.43 bits per heavy atom. The number of ether oxygens (including phenoxy) is 1. The van der Waals surface area contributed by atoms with Gasteiger partial charge < -0.3 is 10.5 Å². The molecule has 0 aliphatic carbocycles. The number of rotatable bonds is 3. The summed E-state index contributed by atoms with van der Waals surface area (Å²) in [7, 11) is 0. The number of esters is 1. The highest BCUT2D eigenvalue weighted by molar-refractivity contribution is 6.29. The normalized spacial score (nSPS) is 11.4. The predicted octanol–water partition coefficient (Wildman–Crippen LogP) is 1.92. The Hall–Kier alpha value is -2.15. The van der Waals surface area contributed by atoms with Gasteiger partial charge in [-0.1, -0.05) is 11.6 Å². The van der Waals surface area contributed by atoms with E-state index in [-0.39, 0.29) is 23.5 Å². The molecule has 2 N–H and O–H groups in total. The Kier molecular flexibility index (Phi) is 4.13. The molecule has 0 saturated heterocycles. The number of nitrogens with zero attached hydrogens (tertiary/aromatic N) is 4. The zero-order valence-corrected chi connectivity index (χ0v) is 12.8. The third kappa shape index (κ3) is 4.16. The fraction of sp³-hybridized carbons (Fsp3) is 0.385. The van der Waals surface area contributed by atoms with Gasteiger partial charge in [-0.2, -0.15) is 5.10 Å². The van der Waals surface area contributed by atoms with Crippen LogP contribution >= 0.6 is 11.6 Å². The number of halogens is 1. The van der Waals surface area contributed by atoms with Crippen LogP contribution in [-0.4, -0.2) is 31.5 Å². The first-order chi connectivity index (χ1) is 9.74. The lowest BCUT2D eigenvalue weighted by molar-refractivity contribution is -0.155. The van der Waals surface area contributed by atoms with Gasteiger partial charge >= 0.3 is 5.97 Å². The maximum absolute atomic E-state index is 11.7. The van der Waals surface area contributed by atoms with Gasteiger partial charge in [0.1, 0.15) is 12.1 Å². The van der Waals surface area contributed by atoms with Crippen molar-refractivity contribution < 1.29 is 9.53 Å². The molecule has 112 valence electrons. The van der Waals surface area contributed by atoms with Crippen LogP contribution in [0.15, 0.2) is 18.5 Å². The number of carbonyl (C=O) groups is 1. The molecule has 0 bridgehead atoms. The van der Waals surface area contributed by atoms with Crippen molar-refractivity contribution >= 4 is 23.4 Å². The summed E-state index contributed by atoms with van der Waals surface area (Å²) in [6, 6.07) is 1.60. The number of hydrogen-bond acceptors (Lipinski definition) is 6. The number of hydrogen-bond donors (Lipinski definition) is 1. The molecule has 2 heterocycles. The van der Waals surface area contributed by atoms with Crippen LogP contribution in [-0.2, 0) is 16.1 Å². The first-order valence-corrected chi connectivity index (χ1v) is 6.66. The quantitative estimate of drug-likeness (QED) is 0.870. The molecule has 2 aromatic rings. The highest BCUT2D eigenvalue weighted by atomic mass is 35.5. The van der Waals surface area contributed by atoms with Gasteiger partial charge in [-0.3, -0.25) is 9.48 Å². The topological polar surface area (TPSA) is 95.9 Å². The lowest BCUT2D eigenvalue weighted by Crippen LogP contribution is -2.26. The minimum absolute atomic E-state index is 0.0173. The van der Waals surface area contributed by atoms with Crippen molar-refractivity contribution in [2.45, 2.75) is 32.9 Å². The molecule has 7 nitrogen and oxygen atoms in total. The van der Waals surface area contributed by atoms with Crippen LogP contribution < -0.4 is 5.73 Å². The second-order valence-corrected chi connectivity index (χ2v) is 5.87. The molecular weight excluding hydrogens is 294 g/mol. The van der Waals surface area contributed by atoms with E-state index >= 15 is 0 Å². The van der Waals surface area contributed by atoms with Crippen molar-refractivity contribution in [1.29, 1.82) is 0 Å². The second kappa shape index (κ2) is 5.69. The van der Waals surface area contributed by atoms with Crippen LogP contribution in [0.4, 0.5) is 5.82 Å². The lowest BCUT2D eigenvalue weighted by atomic mass is 10.1. The van der Waals surface area contributed by atoms with Crippen LogP contribution in [0.1, 0.15) is 20.8 Å². The maximum atomic E-state index is 11.7. The minimum Gasteiger partial charge on any atom is -0.459 e. The molecule has 0 amide bonds. The summed E-state index contributed by atoms with van der Waals surface area (Å²) in [5, 5.41) is 11.7. The summed E-state index contributed by atoms with van der Waals surface area (Å²) in [4.78, 5) is 11.7. The summed E-state index contributed by atoms with van der Waals surface area (Å²) in [6.45, 7) is 5.45. The van der Waals surface area contributed by atoms with Gasteiger partial charge in [-0.15, -0.1) is 10.2 Å². The zero-order valence-electron chi connectivity index (χ0n) is 12.0. The highest BCUT2D eigenvalue weighted by Gasteiger charge is 2.17. The standard InChI is InChI=1S/C13H16ClN5O2/c1-13(2,3)21-11(20)7-19-6-8(5-16-19)9-4-10(14)17-18-12(9)15/h4-6H,7H2,1-3H3,(H2,15,18). The van der Waals surface area contributed by atoms with Gasteiger partial charge in [-0.05, 0) is 26.8 Å². The van der Waals surface area contributed by atoms with Gasteiger partial charge in [0.05, 0.1) is 6.20 Å².